The Morgan fingerprint density at radius 1 is 1.36 bits per heavy atom. The topological polar surface area (TPSA) is 70.5 Å². The van der Waals surface area contributed by atoms with Crippen LogP contribution in [0, 0.1) is 0 Å². The monoisotopic (exact) mass is 316 g/mol. The number of aromatic nitrogens is 1. The number of hydrogen-bond acceptors (Lipinski definition) is 4. The van der Waals surface area contributed by atoms with E-state index in [-0.39, 0.29) is 5.78 Å². The van der Waals surface area contributed by atoms with E-state index in [1.165, 1.54) is 16.2 Å². The van der Waals surface area contributed by atoms with Crippen molar-refractivity contribution in [3.63, 3.8) is 0 Å². The van der Waals surface area contributed by atoms with Crippen molar-refractivity contribution in [3.8, 4) is 10.6 Å². The number of thiazole rings is 1. The molecule has 114 valence electrons. The molecule has 1 unspecified atom stereocenters. The van der Waals surface area contributed by atoms with Gasteiger partial charge in [0.15, 0.2) is 5.78 Å². The van der Waals surface area contributed by atoms with Crippen molar-refractivity contribution < 1.29 is 14.7 Å². The molecule has 0 radical (unpaired) electrons. The summed E-state index contributed by atoms with van der Waals surface area (Å²) in [5, 5.41) is 12.0. The third-order valence-corrected chi connectivity index (χ3v) is 4.73. The van der Waals surface area contributed by atoms with Gasteiger partial charge in [0, 0.05) is 30.3 Å². The highest BCUT2D eigenvalue weighted by atomic mass is 32.1. The van der Waals surface area contributed by atoms with E-state index >= 15 is 0 Å². The lowest BCUT2D eigenvalue weighted by Gasteiger charge is -2.31. The summed E-state index contributed by atoms with van der Waals surface area (Å²) in [5.74, 6) is -0.0112. The fourth-order valence-corrected chi connectivity index (χ4v) is 3.52. The van der Waals surface area contributed by atoms with Gasteiger partial charge in [0.2, 0.25) is 0 Å². The van der Waals surface area contributed by atoms with Crippen molar-refractivity contribution in [1.82, 2.24) is 9.88 Å². The van der Waals surface area contributed by atoms with Crippen LogP contribution in [0.5, 0.6) is 0 Å². The van der Waals surface area contributed by atoms with E-state index in [9.17, 15) is 14.7 Å². The zero-order valence-corrected chi connectivity index (χ0v) is 12.8. The second-order valence-electron chi connectivity index (χ2n) is 5.28. The SMILES string of the molecule is O=C1CCCN(C(=O)O)C1Cc1csc(-c2ccccc2)n1. The Bertz CT molecular complexity index is 684. The molecule has 1 amide bonds. The number of carbonyl (C=O) groups is 2. The summed E-state index contributed by atoms with van der Waals surface area (Å²) >= 11 is 1.51. The van der Waals surface area contributed by atoms with Gasteiger partial charge in [-0.15, -0.1) is 11.3 Å². The number of amides is 1. The highest BCUT2D eigenvalue weighted by Gasteiger charge is 2.33. The Kier molecular flexibility index (Phi) is 4.20. The van der Waals surface area contributed by atoms with Gasteiger partial charge in [0.1, 0.15) is 5.01 Å². The molecular weight excluding hydrogens is 300 g/mol. The Balaban J connectivity index is 1.79. The van der Waals surface area contributed by atoms with Gasteiger partial charge in [-0.3, -0.25) is 9.69 Å². The van der Waals surface area contributed by atoms with Crippen LogP contribution in [-0.2, 0) is 11.2 Å². The van der Waals surface area contributed by atoms with E-state index in [1.54, 1.807) is 0 Å². The third kappa shape index (κ3) is 3.01. The summed E-state index contributed by atoms with van der Waals surface area (Å²) in [6, 6.07) is 9.22. The van der Waals surface area contributed by atoms with Crippen molar-refractivity contribution in [1.29, 1.82) is 0 Å². The number of rotatable bonds is 3. The number of ketones is 1. The Morgan fingerprint density at radius 2 is 2.14 bits per heavy atom. The number of benzene rings is 1. The summed E-state index contributed by atoms with van der Waals surface area (Å²) in [5.41, 5.74) is 1.80. The quantitative estimate of drug-likeness (QED) is 0.944. The Morgan fingerprint density at radius 3 is 2.86 bits per heavy atom. The first-order valence-corrected chi connectivity index (χ1v) is 8.05. The fourth-order valence-electron chi connectivity index (χ4n) is 2.69. The predicted molar refractivity (Wildman–Crippen MR) is 84.0 cm³/mol. The second-order valence-corrected chi connectivity index (χ2v) is 6.13. The molecule has 1 aromatic carbocycles. The zero-order chi connectivity index (χ0) is 15.5. The van der Waals surface area contributed by atoms with E-state index in [1.807, 2.05) is 35.7 Å². The summed E-state index contributed by atoms with van der Waals surface area (Å²) in [6.07, 6.45) is 0.378. The zero-order valence-electron chi connectivity index (χ0n) is 11.9. The highest BCUT2D eigenvalue weighted by molar-refractivity contribution is 7.13. The van der Waals surface area contributed by atoms with Gasteiger partial charge in [-0.05, 0) is 6.42 Å². The highest BCUT2D eigenvalue weighted by Crippen LogP contribution is 2.25. The van der Waals surface area contributed by atoms with Crippen molar-refractivity contribution in [2.75, 3.05) is 6.54 Å². The van der Waals surface area contributed by atoms with Crippen molar-refractivity contribution in [2.24, 2.45) is 0 Å². The molecule has 2 heterocycles. The van der Waals surface area contributed by atoms with Gasteiger partial charge in [-0.25, -0.2) is 9.78 Å². The minimum atomic E-state index is -1.03. The molecule has 1 atom stereocenters. The van der Waals surface area contributed by atoms with Crippen molar-refractivity contribution >= 4 is 23.2 Å². The molecule has 3 rings (SSSR count). The number of hydrogen-bond donors (Lipinski definition) is 1. The van der Waals surface area contributed by atoms with E-state index in [2.05, 4.69) is 4.98 Å². The molecular formula is C16H16N2O3S. The fraction of sp³-hybridized carbons (Fsp3) is 0.312. The van der Waals surface area contributed by atoms with Gasteiger partial charge in [0.05, 0.1) is 11.7 Å². The molecule has 1 fully saturated rings. The molecule has 6 heteroatoms. The number of likely N-dealkylation sites (tertiary alicyclic amines) is 1. The molecule has 22 heavy (non-hydrogen) atoms. The van der Waals surface area contributed by atoms with Crippen LogP contribution in [0.4, 0.5) is 4.79 Å². The summed E-state index contributed by atoms with van der Waals surface area (Å²) in [7, 11) is 0. The number of carboxylic acid groups (broad SMARTS) is 1. The minimum absolute atomic E-state index is 0.0112. The molecule has 0 aliphatic carbocycles. The van der Waals surface area contributed by atoms with Crippen LogP contribution in [-0.4, -0.2) is 39.5 Å². The standard InChI is InChI=1S/C16H16N2O3S/c19-14-7-4-8-18(16(20)21)13(14)9-12-10-22-15(17-12)11-5-2-1-3-6-11/h1-3,5-6,10,13H,4,7-9H2,(H,20,21). The average molecular weight is 316 g/mol. The largest absolute Gasteiger partial charge is 0.465 e. The van der Waals surface area contributed by atoms with E-state index < -0.39 is 12.1 Å². The molecule has 1 N–H and O–H groups in total. The first-order valence-electron chi connectivity index (χ1n) is 7.17. The van der Waals surface area contributed by atoms with Crippen molar-refractivity contribution in [3.05, 3.63) is 41.4 Å². The second kappa shape index (κ2) is 6.27. The lowest BCUT2D eigenvalue weighted by Crippen LogP contribution is -2.49. The van der Waals surface area contributed by atoms with Gasteiger partial charge in [-0.1, -0.05) is 30.3 Å². The molecule has 1 aromatic heterocycles. The number of carbonyl (C=O) groups excluding carboxylic acids is 1. The molecule has 1 saturated heterocycles. The first-order chi connectivity index (χ1) is 10.6. The summed E-state index contributed by atoms with van der Waals surface area (Å²) in [4.78, 5) is 29.1. The predicted octanol–water partition coefficient (Wildman–Crippen LogP) is 3.06. The molecule has 0 bridgehead atoms. The maximum absolute atomic E-state index is 12.1. The normalized spacial score (nSPS) is 18.5. The van der Waals surface area contributed by atoms with Crippen LogP contribution < -0.4 is 0 Å². The number of Topliss-reactive ketones (excluding diaryl/α,β-unsaturated/α-hetero) is 1. The maximum atomic E-state index is 12.1. The van der Waals surface area contributed by atoms with Crippen LogP contribution in [0.25, 0.3) is 10.6 Å². The van der Waals surface area contributed by atoms with Crippen LogP contribution in [0.15, 0.2) is 35.7 Å². The Labute approximate surface area is 132 Å². The molecule has 0 spiro atoms. The molecule has 0 saturated carbocycles. The first kappa shape index (κ1) is 14.7. The van der Waals surface area contributed by atoms with Crippen LogP contribution in [0.2, 0.25) is 0 Å². The summed E-state index contributed by atoms with van der Waals surface area (Å²) < 4.78 is 0. The number of piperidine rings is 1. The lowest BCUT2D eigenvalue weighted by molar-refractivity contribution is -0.126. The minimum Gasteiger partial charge on any atom is -0.465 e. The molecule has 1 aliphatic rings. The molecule has 5 nitrogen and oxygen atoms in total. The average Bonchev–Trinajstić information content (AvgIpc) is 2.98. The van der Waals surface area contributed by atoms with Crippen LogP contribution in [0.3, 0.4) is 0 Å². The smallest absolute Gasteiger partial charge is 0.407 e. The van der Waals surface area contributed by atoms with Crippen LogP contribution >= 0.6 is 11.3 Å². The maximum Gasteiger partial charge on any atom is 0.407 e. The molecule has 1 aliphatic heterocycles. The van der Waals surface area contributed by atoms with E-state index in [0.717, 1.165) is 16.3 Å². The molecule has 2 aromatic rings. The van der Waals surface area contributed by atoms with Gasteiger partial charge < -0.3 is 5.11 Å². The lowest BCUT2D eigenvalue weighted by atomic mass is 9.97. The number of nitrogens with zero attached hydrogens (tertiary/aromatic N) is 2. The van der Waals surface area contributed by atoms with E-state index in [4.69, 9.17) is 0 Å². The Hall–Kier alpha value is -2.21. The van der Waals surface area contributed by atoms with E-state index in [0.29, 0.717) is 25.8 Å². The van der Waals surface area contributed by atoms with Crippen molar-refractivity contribution in [2.45, 2.75) is 25.3 Å². The van der Waals surface area contributed by atoms with Gasteiger partial charge >= 0.3 is 6.09 Å². The van der Waals surface area contributed by atoms with Crippen LogP contribution in [0.1, 0.15) is 18.5 Å². The summed E-state index contributed by atoms with van der Waals surface area (Å²) in [6.45, 7) is 0.418. The van der Waals surface area contributed by atoms with Gasteiger partial charge in [-0.2, -0.15) is 0 Å². The third-order valence-electron chi connectivity index (χ3n) is 3.79. The van der Waals surface area contributed by atoms with Gasteiger partial charge in [0.25, 0.3) is 0 Å².